The van der Waals surface area contributed by atoms with Gasteiger partial charge in [0.1, 0.15) is 11.6 Å². The van der Waals surface area contributed by atoms with Crippen molar-refractivity contribution < 1.29 is 14.6 Å². The molecular weight excluding hydrogens is 268 g/mol. The zero-order chi connectivity index (χ0) is 13.8. The molecule has 0 saturated carbocycles. The van der Waals surface area contributed by atoms with Gasteiger partial charge in [-0.1, -0.05) is 11.6 Å². The number of hydrogen-bond acceptors (Lipinski definition) is 4. The van der Waals surface area contributed by atoms with Gasteiger partial charge in [-0.3, -0.25) is 0 Å². The van der Waals surface area contributed by atoms with Crippen LogP contribution in [0.15, 0.2) is 36.5 Å². The largest absolute Gasteiger partial charge is 0.497 e. The molecule has 0 fully saturated rings. The summed E-state index contributed by atoms with van der Waals surface area (Å²) in [6.45, 7) is 0. The molecule has 5 nitrogen and oxygen atoms in total. The molecule has 98 valence electrons. The summed E-state index contributed by atoms with van der Waals surface area (Å²) >= 11 is 5.75. The number of carbonyl (C=O) groups is 1. The molecule has 0 aliphatic carbocycles. The molecule has 0 saturated heterocycles. The van der Waals surface area contributed by atoms with E-state index in [1.54, 1.807) is 31.4 Å². The Morgan fingerprint density at radius 2 is 2.05 bits per heavy atom. The van der Waals surface area contributed by atoms with E-state index >= 15 is 0 Å². The lowest BCUT2D eigenvalue weighted by Crippen LogP contribution is -2.01. The Kier molecular flexibility index (Phi) is 3.87. The molecule has 6 heteroatoms. The molecule has 0 aliphatic heterocycles. The number of nitrogens with zero attached hydrogens (tertiary/aromatic N) is 1. The minimum absolute atomic E-state index is 0.00711. The molecule has 0 radical (unpaired) electrons. The van der Waals surface area contributed by atoms with Crippen molar-refractivity contribution in [3.05, 3.63) is 47.1 Å². The van der Waals surface area contributed by atoms with Gasteiger partial charge in [-0.05, 0) is 30.3 Å². The van der Waals surface area contributed by atoms with Gasteiger partial charge in [0.2, 0.25) is 0 Å². The number of hydrogen-bond donors (Lipinski definition) is 2. The molecule has 0 unspecified atom stereocenters. The first-order valence-electron chi connectivity index (χ1n) is 5.40. The van der Waals surface area contributed by atoms with Gasteiger partial charge in [-0.25, -0.2) is 9.78 Å². The fraction of sp³-hybridized carbons (Fsp3) is 0.0769. The van der Waals surface area contributed by atoms with Gasteiger partial charge < -0.3 is 15.2 Å². The molecule has 2 aromatic rings. The molecule has 2 rings (SSSR count). The molecular formula is C13H11ClN2O3. The van der Waals surface area contributed by atoms with Gasteiger partial charge in [-0.2, -0.15) is 0 Å². The van der Waals surface area contributed by atoms with Crippen molar-refractivity contribution in [3.8, 4) is 5.75 Å². The number of carboxylic acid groups (broad SMARTS) is 1. The van der Waals surface area contributed by atoms with Crippen LogP contribution in [0.3, 0.4) is 0 Å². The van der Waals surface area contributed by atoms with Gasteiger partial charge >= 0.3 is 5.97 Å². The second-order valence-corrected chi connectivity index (χ2v) is 4.12. The molecule has 1 heterocycles. The molecule has 0 amide bonds. The normalized spacial score (nSPS) is 10.0. The van der Waals surface area contributed by atoms with Crippen LogP contribution in [0.5, 0.6) is 5.75 Å². The maximum absolute atomic E-state index is 11.0. The van der Waals surface area contributed by atoms with Crippen molar-refractivity contribution in [1.29, 1.82) is 0 Å². The monoisotopic (exact) mass is 278 g/mol. The highest BCUT2D eigenvalue weighted by Crippen LogP contribution is 2.22. The number of carboxylic acids is 1. The van der Waals surface area contributed by atoms with Crippen molar-refractivity contribution in [3.63, 3.8) is 0 Å². The van der Waals surface area contributed by atoms with Crippen molar-refractivity contribution in [2.75, 3.05) is 12.4 Å². The lowest BCUT2D eigenvalue weighted by atomic mass is 10.2. The molecule has 0 aliphatic rings. The first-order valence-corrected chi connectivity index (χ1v) is 5.78. The fourth-order valence-electron chi connectivity index (χ4n) is 1.49. The number of halogens is 1. The minimum atomic E-state index is -1.09. The third kappa shape index (κ3) is 3.14. The van der Waals surface area contributed by atoms with Crippen LogP contribution >= 0.6 is 11.6 Å². The number of pyridine rings is 1. The molecule has 19 heavy (non-hydrogen) atoms. The van der Waals surface area contributed by atoms with Crippen LogP contribution in [0.2, 0.25) is 5.02 Å². The lowest BCUT2D eigenvalue weighted by Gasteiger charge is -2.08. The number of aromatic nitrogens is 1. The number of methoxy groups -OCH3 is 1. The molecule has 0 atom stereocenters. The summed E-state index contributed by atoms with van der Waals surface area (Å²) in [5.74, 6) is 0.0537. The lowest BCUT2D eigenvalue weighted by molar-refractivity contribution is 0.0697. The predicted molar refractivity (Wildman–Crippen MR) is 72.5 cm³/mol. The third-order valence-electron chi connectivity index (χ3n) is 2.45. The average molecular weight is 279 g/mol. The summed E-state index contributed by atoms with van der Waals surface area (Å²) in [7, 11) is 1.59. The number of aromatic carboxylic acids is 1. The van der Waals surface area contributed by atoms with Crippen LogP contribution in [0.4, 0.5) is 11.5 Å². The first kappa shape index (κ1) is 13.2. The Balaban J connectivity index is 2.22. The Bertz CT molecular complexity index is 599. The molecule has 1 aromatic carbocycles. The second-order valence-electron chi connectivity index (χ2n) is 3.71. The summed E-state index contributed by atoms with van der Waals surface area (Å²) in [6, 6.07) is 8.56. The number of rotatable bonds is 4. The molecule has 2 N–H and O–H groups in total. The van der Waals surface area contributed by atoms with E-state index in [1.165, 1.54) is 12.3 Å². The van der Waals surface area contributed by atoms with E-state index < -0.39 is 5.97 Å². The van der Waals surface area contributed by atoms with Gasteiger partial charge in [0, 0.05) is 11.9 Å². The van der Waals surface area contributed by atoms with Crippen molar-refractivity contribution in [2.24, 2.45) is 0 Å². The summed E-state index contributed by atoms with van der Waals surface area (Å²) in [6.07, 6.45) is 1.30. The molecule has 0 spiro atoms. The maximum atomic E-state index is 11.0. The average Bonchev–Trinajstić information content (AvgIpc) is 2.41. The maximum Gasteiger partial charge on any atom is 0.337 e. The van der Waals surface area contributed by atoms with Gasteiger partial charge in [0.05, 0.1) is 17.7 Å². The number of benzene rings is 1. The molecule has 1 aromatic heterocycles. The SMILES string of the molecule is COc1ccc(Nc2cc(C(=O)O)c(Cl)cn2)cc1. The summed E-state index contributed by atoms with van der Waals surface area (Å²) < 4.78 is 5.05. The Hall–Kier alpha value is -2.27. The quantitative estimate of drug-likeness (QED) is 0.899. The van der Waals surface area contributed by atoms with E-state index in [9.17, 15) is 4.79 Å². The van der Waals surface area contributed by atoms with Crippen LogP contribution < -0.4 is 10.1 Å². The summed E-state index contributed by atoms with van der Waals surface area (Å²) in [5.41, 5.74) is 0.777. The third-order valence-corrected chi connectivity index (χ3v) is 2.75. The molecule has 0 bridgehead atoms. The standard InChI is InChI=1S/C13H11ClN2O3/c1-19-9-4-2-8(3-5-9)16-12-6-10(13(17)18)11(14)7-15-12/h2-7H,1H3,(H,15,16)(H,17,18). The Morgan fingerprint density at radius 3 is 2.63 bits per heavy atom. The van der Waals surface area contributed by atoms with Gasteiger partial charge in [-0.15, -0.1) is 0 Å². The smallest absolute Gasteiger partial charge is 0.337 e. The van der Waals surface area contributed by atoms with E-state index in [4.69, 9.17) is 21.4 Å². The summed E-state index contributed by atoms with van der Waals surface area (Å²) in [5, 5.41) is 12.1. The van der Waals surface area contributed by atoms with Crippen molar-refractivity contribution >= 4 is 29.1 Å². The van der Waals surface area contributed by atoms with E-state index in [-0.39, 0.29) is 10.6 Å². The van der Waals surface area contributed by atoms with E-state index in [1.807, 2.05) is 0 Å². The van der Waals surface area contributed by atoms with Gasteiger partial charge in [0.25, 0.3) is 0 Å². The number of ether oxygens (including phenoxy) is 1. The van der Waals surface area contributed by atoms with Crippen LogP contribution in [0, 0.1) is 0 Å². The Morgan fingerprint density at radius 1 is 1.37 bits per heavy atom. The minimum Gasteiger partial charge on any atom is -0.497 e. The second kappa shape index (κ2) is 5.58. The Labute approximate surface area is 114 Å². The first-order chi connectivity index (χ1) is 9.10. The van der Waals surface area contributed by atoms with Crippen molar-refractivity contribution in [2.45, 2.75) is 0 Å². The highest BCUT2D eigenvalue weighted by Gasteiger charge is 2.10. The predicted octanol–water partition coefficient (Wildman–Crippen LogP) is 3.19. The fourth-order valence-corrected chi connectivity index (χ4v) is 1.68. The van der Waals surface area contributed by atoms with Crippen LogP contribution in [0.1, 0.15) is 10.4 Å². The van der Waals surface area contributed by atoms with E-state index in [0.717, 1.165) is 11.4 Å². The van der Waals surface area contributed by atoms with E-state index in [0.29, 0.717) is 5.82 Å². The van der Waals surface area contributed by atoms with Crippen molar-refractivity contribution in [1.82, 2.24) is 4.98 Å². The zero-order valence-corrected chi connectivity index (χ0v) is 10.8. The van der Waals surface area contributed by atoms with Crippen LogP contribution in [-0.4, -0.2) is 23.2 Å². The number of anilines is 2. The van der Waals surface area contributed by atoms with Crippen LogP contribution in [-0.2, 0) is 0 Å². The topological polar surface area (TPSA) is 71.5 Å². The van der Waals surface area contributed by atoms with E-state index in [2.05, 4.69) is 10.3 Å². The summed E-state index contributed by atoms with van der Waals surface area (Å²) in [4.78, 5) is 15.0. The zero-order valence-electron chi connectivity index (χ0n) is 10.1. The highest BCUT2D eigenvalue weighted by atomic mass is 35.5. The number of nitrogens with one attached hydrogen (secondary N) is 1. The van der Waals surface area contributed by atoms with Gasteiger partial charge in [0.15, 0.2) is 0 Å². The van der Waals surface area contributed by atoms with Crippen LogP contribution in [0.25, 0.3) is 0 Å². The highest BCUT2D eigenvalue weighted by molar-refractivity contribution is 6.33.